The van der Waals surface area contributed by atoms with E-state index in [4.69, 9.17) is 4.74 Å². The van der Waals surface area contributed by atoms with Gasteiger partial charge in [-0.05, 0) is 43.4 Å². The van der Waals surface area contributed by atoms with E-state index in [-0.39, 0.29) is 5.97 Å². The maximum atomic E-state index is 11.4. The summed E-state index contributed by atoms with van der Waals surface area (Å²) in [5.41, 5.74) is 0. The molecular formula is C23H27N3O2. The van der Waals surface area contributed by atoms with Gasteiger partial charge in [0.15, 0.2) is 0 Å². The summed E-state index contributed by atoms with van der Waals surface area (Å²) in [7, 11) is 0. The van der Waals surface area contributed by atoms with E-state index in [0.717, 1.165) is 49.2 Å². The summed E-state index contributed by atoms with van der Waals surface area (Å²) in [6.45, 7) is 3.13. The van der Waals surface area contributed by atoms with Gasteiger partial charge in [-0.25, -0.2) is 9.97 Å². The number of carbonyl (C=O) groups is 1. The van der Waals surface area contributed by atoms with Crippen LogP contribution >= 0.6 is 0 Å². The summed E-state index contributed by atoms with van der Waals surface area (Å²) in [4.78, 5) is 22.8. The van der Waals surface area contributed by atoms with E-state index >= 15 is 0 Å². The van der Waals surface area contributed by atoms with Gasteiger partial charge in [-0.1, -0.05) is 43.2 Å². The first kappa shape index (κ1) is 19.8. The van der Waals surface area contributed by atoms with Gasteiger partial charge < -0.3 is 9.64 Å². The highest BCUT2D eigenvalue weighted by atomic mass is 16.5. The molecule has 0 unspecified atom stereocenters. The number of hydrogen-bond acceptors (Lipinski definition) is 5. The fraction of sp³-hybridized carbons (Fsp3) is 0.348. The largest absolute Gasteiger partial charge is 0.466 e. The van der Waals surface area contributed by atoms with Crippen molar-refractivity contribution < 1.29 is 9.53 Å². The predicted molar refractivity (Wildman–Crippen MR) is 113 cm³/mol. The molecule has 0 saturated heterocycles. The third-order valence-corrected chi connectivity index (χ3v) is 4.64. The van der Waals surface area contributed by atoms with Gasteiger partial charge >= 0.3 is 5.97 Å². The van der Waals surface area contributed by atoms with E-state index in [9.17, 15) is 4.79 Å². The summed E-state index contributed by atoms with van der Waals surface area (Å²) in [6, 6.07) is 16.3. The number of aromatic nitrogens is 2. The van der Waals surface area contributed by atoms with Gasteiger partial charge in [-0.2, -0.15) is 0 Å². The first-order chi connectivity index (χ1) is 13.8. The van der Waals surface area contributed by atoms with Crippen molar-refractivity contribution in [2.75, 3.05) is 18.1 Å². The molecule has 0 spiro atoms. The van der Waals surface area contributed by atoms with Crippen LogP contribution in [0.3, 0.4) is 0 Å². The van der Waals surface area contributed by atoms with Crippen LogP contribution in [0, 0.1) is 0 Å². The molecule has 0 fully saturated rings. The minimum Gasteiger partial charge on any atom is -0.466 e. The van der Waals surface area contributed by atoms with Crippen LogP contribution < -0.4 is 4.90 Å². The van der Waals surface area contributed by atoms with Crippen molar-refractivity contribution in [3.05, 3.63) is 60.9 Å². The number of carbonyl (C=O) groups excluding carboxylic acids is 1. The standard InChI is InChI=1S/C23H27N3O2/c1-2-28-23(27)14-5-3-4-10-16-26(21-13-8-9-15-24-21)22-17-19-11-6-7-12-20(19)18-25-22/h6-9,11-13,15,17-18H,2-5,10,14,16H2,1H3. The first-order valence-electron chi connectivity index (χ1n) is 9.97. The zero-order chi connectivity index (χ0) is 19.6. The lowest BCUT2D eigenvalue weighted by Crippen LogP contribution is -2.20. The van der Waals surface area contributed by atoms with Crippen molar-refractivity contribution in [1.82, 2.24) is 9.97 Å². The zero-order valence-corrected chi connectivity index (χ0v) is 16.4. The second-order valence-corrected chi connectivity index (χ2v) is 6.70. The number of anilines is 2. The van der Waals surface area contributed by atoms with E-state index < -0.39 is 0 Å². The molecule has 3 rings (SSSR count). The van der Waals surface area contributed by atoms with Crippen LogP contribution in [0.25, 0.3) is 10.8 Å². The maximum Gasteiger partial charge on any atom is 0.305 e. The van der Waals surface area contributed by atoms with Crippen LogP contribution in [0.1, 0.15) is 39.0 Å². The van der Waals surface area contributed by atoms with Crippen molar-refractivity contribution in [3.63, 3.8) is 0 Å². The first-order valence-corrected chi connectivity index (χ1v) is 9.97. The number of unbranched alkanes of at least 4 members (excludes halogenated alkanes) is 3. The molecule has 146 valence electrons. The SMILES string of the molecule is CCOC(=O)CCCCCCN(c1ccccn1)c1cc2ccccc2cn1. The topological polar surface area (TPSA) is 55.3 Å². The van der Waals surface area contributed by atoms with Crippen molar-refractivity contribution in [2.45, 2.75) is 39.0 Å². The van der Waals surface area contributed by atoms with Gasteiger partial charge in [0.2, 0.25) is 0 Å². The van der Waals surface area contributed by atoms with Crippen LogP contribution in [0.15, 0.2) is 60.9 Å². The lowest BCUT2D eigenvalue weighted by molar-refractivity contribution is -0.143. The van der Waals surface area contributed by atoms with E-state index in [0.29, 0.717) is 13.0 Å². The monoisotopic (exact) mass is 377 g/mol. The summed E-state index contributed by atoms with van der Waals surface area (Å²) < 4.78 is 4.97. The maximum absolute atomic E-state index is 11.4. The fourth-order valence-electron chi connectivity index (χ4n) is 3.21. The van der Waals surface area contributed by atoms with Gasteiger partial charge in [0.05, 0.1) is 6.61 Å². The van der Waals surface area contributed by atoms with Gasteiger partial charge in [0, 0.05) is 30.7 Å². The molecule has 0 aliphatic rings. The second kappa shape index (κ2) is 10.4. The third kappa shape index (κ3) is 5.52. The Kier molecular flexibility index (Phi) is 7.36. The van der Waals surface area contributed by atoms with Crippen molar-refractivity contribution in [3.8, 4) is 0 Å². The van der Waals surface area contributed by atoms with Crippen LogP contribution in [-0.4, -0.2) is 29.1 Å². The summed E-state index contributed by atoms with van der Waals surface area (Å²) in [6.07, 6.45) is 8.17. The Morgan fingerprint density at radius 1 is 0.929 bits per heavy atom. The molecule has 5 nitrogen and oxygen atoms in total. The summed E-state index contributed by atoms with van der Waals surface area (Å²) >= 11 is 0. The van der Waals surface area contributed by atoms with Crippen LogP contribution in [-0.2, 0) is 9.53 Å². The molecule has 0 N–H and O–H groups in total. The van der Waals surface area contributed by atoms with Crippen LogP contribution in [0.5, 0.6) is 0 Å². The van der Waals surface area contributed by atoms with Crippen molar-refractivity contribution in [1.29, 1.82) is 0 Å². The second-order valence-electron chi connectivity index (χ2n) is 6.70. The Morgan fingerprint density at radius 3 is 2.50 bits per heavy atom. The molecule has 0 amide bonds. The average Bonchev–Trinajstić information content (AvgIpc) is 2.74. The number of rotatable bonds is 10. The van der Waals surface area contributed by atoms with Gasteiger partial charge in [0.25, 0.3) is 0 Å². The zero-order valence-electron chi connectivity index (χ0n) is 16.4. The normalized spacial score (nSPS) is 10.8. The Balaban J connectivity index is 1.62. The molecule has 3 aromatic rings. The highest BCUT2D eigenvalue weighted by molar-refractivity contribution is 5.84. The minimum absolute atomic E-state index is 0.0991. The molecule has 5 heteroatoms. The molecule has 28 heavy (non-hydrogen) atoms. The minimum atomic E-state index is -0.0991. The van der Waals surface area contributed by atoms with Crippen LogP contribution in [0.2, 0.25) is 0 Å². The third-order valence-electron chi connectivity index (χ3n) is 4.64. The molecular weight excluding hydrogens is 350 g/mol. The number of benzene rings is 1. The Labute approximate surface area is 166 Å². The molecule has 0 radical (unpaired) electrons. The van der Waals surface area contributed by atoms with E-state index in [1.54, 1.807) is 0 Å². The Hall–Kier alpha value is -2.95. The number of pyridine rings is 2. The van der Waals surface area contributed by atoms with Gasteiger partial charge in [0.1, 0.15) is 11.6 Å². The average molecular weight is 377 g/mol. The number of hydrogen-bond donors (Lipinski definition) is 0. The molecule has 0 aliphatic carbocycles. The molecule has 0 atom stereocenters. The highest BCUT2D eigenvalue weighted by Gasteiger charge is 2.12. The Morgan fingerprint density at radius 2 is 1.71 bits per heavy atom. The highest BCUT2D eigenvalue weighted by Crippen LogP contribution is 2.25. The Bertz CT molecular complexity index is 883. The predicted octanol–water partition coefficient (Wildman–Crippen LogP) is 5.28. The van der Waals surface area contributed by atoms with E-state index in [1.807, 2.05) is 49.6 Å². The van der Waals surface area contributed by atoms with Crippen molar-refractivity contribution >= 4 is 28.4 Å². The molecule has 2 aromatic heterocycles. The molecule has 0 saturated carbocycles. The fourth-order valence-corrected chi connectivity index (χ4v) is 3.21. The lowest BCUT2D eigenvalue weighted by atomic mass is 10.1. The molecule has 0 aliphatic heterocycles. The van der Waals surface area contributed by atoms with Gasteiger partial charge in [-0.15, -0.1) is 0 Å². The van der Waals surface area contributed by atoms with E-state index in [2.05, 4.69) is 33.1 Å². The van der Waals surface area contributed by atoms with E-state index in [1.165, 1.54) is 5.39 Å². The van der Waals surface area contributed by atoms with Gasteiger partial charge in [-0.3, -0.25) is 4.79 Å². The number of ether oxygens (including phenoxy) is 1. The summed E-state index contributed by atoms with van der Waals surface area (Å²) in [5, 5.41) is 2.30. The number of esters is 1. The number of fused-ring (bicyclic) bond motifs is 1. The van der Waals surface area contributed by atoms with Crippen LogP contribution in [0.4, 0.5) is 11.6 Å². The number of nitrogens with zero attached hydrogens (tertiary/aromatic N) is 3. The summed E-state index contributed by atoms with van der Waals surface area (Å²) in [5.74, 6) is 1.71. The molecule has 1 aromatic carbocycles. The van der Waals surface area contributed by atoms with Crippen molar-refractivity contribution in [2.24, 2.45) is 0 Å². The molecule has 2 heterocycles. The quantitative estimate of drug-likeness (QED) is 0.355. The smallest absolute Gasteiger partial charge is 0.305 e. The molecule has 0 bridgehead atoms. The lowest BCUT2D eigenvalue weighted by Gasteiger charge is -2.23.